The molecule has 104 valence electrons. The van der Waals surface area contributed by atoms with Crippen molar-refractivity contribution < 1.29 is 14.9 Å². The number of carbonyl (C=O) groups is 1. The van der Waals surface area contributed by atoms with Crippen LogP contribution in [0.1, 0.15) is 38.5 Å². The fourth-order valence-electron chi connectivity index (χ4n) is 2.97. The standard InChI is InChI=1S/C13H26BNO3/c1-14(18)9-5-4-7-13(12(16)17)8-6-11(10-13)15(2)3/h11,18H,4-10H2,1-3H3,(H,16,17)/t11-,13+/m0/s1. The van der Waals surface area contributed by atoms with Gasteiger partial charge in [-0.15, -0.1) is 0 Å². The van der Waals surface area contributed by atoms with Crippen LogP contribution in [0.25, 0.3) is 0 Å². The lowest BCUT2D eigenvalue weighted by Crippen LogP contribution is -2.32. The molecule has 0 heterocycles. The number of nitrogens with zero attached hydrogens (tertiary/aromatic N) is 1. The van der Waals surface area contributed by atoms with Crippen molar-refractivity contribution in [2.45, 2.75) is 57.7 Å². The largest absolute Gasteiger partial charge is 0.481 e. The van der Waals surface area contributed by atoms with Gasteiger partial charge in [0.25, 0.3) is 6.92 Å². The summed E-state index contributed by atoms with van der Waals surface area (Å²) in [4.78, 5) is 13.7. The van der Waals surface area contributed by atoms with E-state index in [9.17, 15) is 14.9 Å². The van der Waals surface area contributed by atoms with E-state index >= 15 is 0 Å². The van der Waals surface area contributed by atoms with Crippen LogP contribution in [0, 0.1) is 5.41 Å². The summed E-state index contributed by atoms with van der Waals surface area (Å²) in [6, 6.07) is 0.401. The molecule has 0 aliphatic heterocycles. The Kier molecular flexibility index (Phi) is 5.66. The summed E-state index contributed by atoms with van der Waals surface area (Å²) in [5, 5.41) is 18.7. The molecule has 1 rings (SSSR count). The van der Waals surface area contributed by atoms with Gasteiger partial charge in [0.05, 0.1) is 5.41 Å². The highest BCUT2D eigenvalue weighted by Gasteiger charge is 2.45. The number of rotatable bonds is 7. The zero-order valence-corrected chi connectivity index (χ0v) is 11.9. The Morgan fingerprint density at radius 2 is 2.11 bits per heavy atom. The highest BCUT2D eigenvalue weighted by Crippen LogP contribution is 2.44. The molecule has 2 atom stereocenters. The quantitative estimate of drug-likeness (QED) is 0.539. The average molecular weight is 255 g/mol. The zero-order valence-electron chi connectivity index (χ0n) is 11.9. The van der Waals surface area contributed by atoms with E-state index in [4.69, 9.17) is 0 Å². The van der Waals surface area contributed by atoms with Crippen LogP contribution in [0.5, 0.6) is 0 Å². The van der Waals surface area contributed by atoms with Crippen LogP contribution in [0.2, 0.25) is 13.1 Å². The van der Waals surface area contributed by atoms with E-state index in [2.05, 4.69) is 4.90 Å². The molecule has 0 aromatic carbocycles. The van der Waals surface area contributed by atoms with Crippen LogP contribution in [0.4, 0.5) is 0 Å². The van der Waals surface area contributed by atoms with E-state index < -0.39 is 11.4 Å². The third kappa shape index (κ3) is 3.99. The van der Waals surface area contributed by atoms with Crippen molar-refractivity contribution in [3.63, 3.8) is 0 Å². The SMILES string of the molecule is CB(O)CCCC[C@@]1(C(=O)O)CC[C@H](N(C)C)C1. The molecule has 1 aliphatic carbocycles. The smallest absolute Gasteiger partial charge is 0.309 e. The Morgan fingerprint density at radius 1 is 1.44 bits per heavy atom. The predicted octanol–water partition coefficient (Wildman–Crippen LogP) is 1.96. The summed E-state index contributed by atoms with van der Waals surface area (Å²) in [6.45, 7) is 1.51. The third-order valence-corrected chi connectivity index (χ3v) is 4.29. The van der Waals surface area contributed by atoms with Gasteiger partial charge in [0.15, 0.2) is 0 Å². The van der Waals surface area contributed by atoms with Gasteiger partial charge >= 0.3 is 5.97 Å². The highest BCUT2D eigenvalue weighted by atomic mass is 16.4. The monoisotopic (exact) mass is 255 g/mol. The minimum atomic E-state index is -0.635. The van der Waals surface area contributed by atoms with Gasteiger partial charge in [-0.2, -0.15) is 0 Å². The molecule has 1 saturated carbocycles. The topological polar surface area (TPSA) is 60.8 Å². The fourth-order valence-corrected chi connectivity index (χ4v) is 2.97. The second-order valence-electron chi connectivity index (χ2n) is 6.04. The lowest BCUT2D eigenvalue weighted by atomic mass is 9.66. The van der Waals surface area contributed by atoms with Gasteiger partial charge in [-0.3, -0.25) is 4.79 Å². The summed E-state index contributed by atoms with van der Waals surface area (Å²) in [5.74, 6) is -0.635. The Bertz CT molecular complexity index is 283. The molecule has 1 aliphatic rings. The maximum Gasteiger partial charge on any atom is 0.309 e. The van der Waals surface area contributed by atoms with E-state index in [0.717, 1.165) is 44.8 Å². The molecule has 0 unspecified atom stereocenters. The molecule has 4 nitrogen and oxygen atoms in total. The van der Waals surface area contributed by atoms with Crippen molar-refractivity contribution in [2.75, 3.05) is 14.1 Å². The van der Waals surface area contributed by atoms with Gasteiger partial charge in [0.1, 0.15) is 0 Å². The molecule has 0 radical (unpaired) electrons. The first kappa shape index (κ1) is 15.5. The van der Waals surface area contributed by atoms with Crippen molar-refractivity contribution in [3.8, 4) is 0 Å². The van der Waals surface area contributed by atoms with Crippen LogP contribution in [0.15, 0.2) is 0 Å². The van der Waals surface area contributed by atoms with Gasteiger partial charge in [0, 0.05) is 6.04 Å². The second-order valence-corrected chi connectivity index (χ2v) is 6.04. The van der Waals surface area contributed by atoms with Crippen molar-refractivity contribution >= 4 is 12.9 Å². The van der Waals surface area contributed by atoms with Gasteiger partial charge in [-0.25, -0.2) is 0 Å². The number of carboxylic acids is 1. The van der Waals surface area contributed by atoms with E-state index in [1.54, 1.807) is 6.82 Å². The molecule has 5 heteroatoms. The van der Waals surface area contributed by atoms with E-state index in [-0.39, 0.29) is 6.92 Å². The van der Waals surface area contributed by atoms with Gasteiger partial charge in [-0.05, 0) is 46.1 Å². The van der Waals surface area contributed by atoms with Crippen LogP contribution in [-0.2, 0) is 4.79 Å². The van der Waals surface area contributed by atoms with Crippen LogP contribution in [-0.4, -0.2) is 48.1 Å². The summed E-state index contributed by atoms with van der Waals surface area (Å²) >= 11 is 0. The Morgan fingerprint density at radius 3 is 2.56 bits per heavy atom. The first-order chi connectivity index (χ1) is 8.37. The molecule has 1 fully saturated rings. The molecule has 0 aromatic rings. The van der Waals surface area contributed by atoms with E-state index in [1.807, 2.05) is 14.1 Å². The lowest BCUT2D eigenvalue weighted by molar-refractivity contribution is -0.149. The Balaban J connectivity index is 2.48. The summed E-state index contributed by atoms with van der Waals surface area (Å²) in [6.07, 6.45) is 5.88. The molecule has 0 spiro atoms. The molecule has 0 bridgehead atoms. The molecule has 0 saturated heterocycles. The summed E-state index contributed by atoms with van der Waals surface area (Å²) in [5.41, 5.74) is -0.520. The maximum atomic E-state index is 11.6. The predicted molar refractivity (Wildman–Crippen MR) is 73.9 cm³/mol. The van der Waals surface area contributed by atoms with E-state index in [1.165, 1.54) is 0 Å². The zero-order chi connectivity index (χ0) is 13.8. The second kappa shape index (κ2) is 6.57. The molecular formula is C13H26BNO3. The van der Waals surface area contributed by atoms with Gasteiger partial charge in [-0.1, -0.05) is 19.7 Å². The van der Waals surface area contributed by atoms with E-state index in [0.29, 0.717) is 6.04 Å². The number of hydrogen-bond acceptors (Lipinski definition) is 3. The van der Waals surface area contributed by atoms with Crippen LogP contribution in [0.3, 0.4) is 0 Å². The van der Waals surface area contributed by atoms with Crippen LogP contribution >= 0.6 is 0 Å². The third-order valence-electron chi connectivity index (χ3n) is 4.29. The molecule has 18 heavy (non-hydrogen) atoms. The normalized spacial score (nSPS) is 27.7. The number of aliphatic carboxylic acids is 1. The van der Waals surface area contributed by atoms with Crippen molar-refractivity contribution in [1.29, 1.82) is 0 Å². The first-order valence-electron chi connectivity index (χ1n) is 6.95. The maximum absolute atomic E-state index is 11.6. The molecule has 0 amide bonds. The molecule has 2 N–H and O–H groups in total. The van der Waals surface area contributed by atoms with Gasteiger partial charge in [0.2, 0.25) is 0 Å². The van der Waals surface area contributed by atoms with Crippen molar-refractivity contribution in [1.82, 2.24) is 4.90 Å². The number of unbranched alkanes of at least 4 members (excludes halogenated alkanes) is 1. The minimum absolute atomic E-state index is 0.274. The Hall–Kier alpha value is -0.545. The fraction of sp³-hybridized carbons (Fsp3) is 0.923. The van der Waals surface area contributed by atoms with Crippen molar-refractivity contribution in [3.05, 3.63) is 0 Å². The lowest BCUT2D eigenvalue weighted by Gasteiger charge is -2.26. The average Bonchev–Trinajstić information content (AvgIpc) is 2.70. The molecule has 0 aromatic heterocycles. The number of carboxylic acid groups (broad SMARTS) is 1. The summed E-state index contributed by atoms with van der Waals surface area (Å²) < 4.78 is 0. The minimum Gasteiger partial charge on any atom is -0.481 e. The Labute approximate surface area is 110 Å². The first-order valence-corrected chi connectivity index (χ1v) is 6.95. The molecular weight excluding hydrogens is 229 g/mol. The van der Waals surface area contributed by atoms with Crippen molar-refractivity contribution in [2.24, 2.45) is 5.41 Å². The van der Waals surface area contributed by atoms with Crippen LogP contribution < -0.4 is 0 Å². The summed E-state index contributed by atoms with van der Waals surface area (Å²) in [7, 11) is 4.05. The van der Waals surface area contributed by atoms with Gasteiger partial charge < -0.3 is 15.0 Å². The highest BCUT2D eigenvalue weighted by molar-refractivity contribution is 6.48. The number of hydrogen-bond donors (Lipinski definition) is 2.